The smallest absolute Gasteiger partial charge is 0.283 e. The summed E-state index contributed by atoms with van der Waals surface area (Å²) in [6.07, 6.45) is 0. The Labute approximate surface area is 182 Å². The molecule has 0 saturated carbocycles. The van der Waals surface area contributed by atoms with E-state index in [0.717, 1.165) is 22.2 Å². The zero-order valence-corrected chi connectivity index (χ0v) is 17.7. The number of nitrogens with two attached hydrogens (primary N) is 2. The first kappa shape index (κ1) is 19.9. The number of thioether (sulfide) groups is 1. The van der Waals surface area contributed by atoms with Crippen molar-refractivity contribution in [2.75, 3.05) is 11.5 Å². The van der Waals surface area contributed by atoms with Crippen LogP contribution in [0.4, 0.5) is 10.5 Å². The second kappa shape index (κ2) is 6.24. The van der Waals surface area contributed by atoms with Crippen molar-refractivity contribution in [3.8, 4) is 5.75 Å². The van der Waals surface area contributed by atoms with E-state index in [2.05, 4.69) is 0 Å². The van der Waals surface area contributed by atoms with Crippen LogP contribution in [0.25, 0.3) is 0 Å². The number of nitrogen functional groups attached to an aromatic ring is 1. The third kappa shape index (κ3) is 2.22. The van der Waals surface area contributed by atoms with E-state index >= 15 is 0 Å². The Bertz CT molecular complexity index is 1180. The number of aliphatic hydroxyl groups is 1. The first-order valence-corrected chi connectivity index (χ1v) is 10.9. The lowest BCUT2D eigenvalue weighted by Gasteiger charge is -2.42. The minimum atomic E-state index is -2.25. The van der Waals surface area contributed by atoms with Gasteiger partial charge in [-0.15, -0.1) is 0 Å². The van der Waals surface area contributed by atoms with E-state index in [1.165, 1.54) is 0 Å². The van der Waals surface area contributed by atoms with Gasteiger partial charge in [0.05, 0.1) is 5.56 Å². The Hall–Kier alpha value is -3.04. The summed E-state index contributed by atoms with van der Waals surface area (Å²) in [7, 11) is 0. The standard InChI is InChI=1S/C22H21N3O5S/c1-10(2)11-6-7-12-16(8-11)30-22(29)13-4-3-5-14(23)17(13)18(26)21(12,22)25-15(19(24)27)9-31-20(25)28/h3-8,10,15,29H,9,23H2,1-2H3,(H2,24,27). The van der Waals surface area contributed by atoms with E-state index < -0.39 is 34.3 Å². The van der Waals surface area contributed by atoms with Crippen molar-refractivity contribution >= 4 is 34.4 Å². The summed E-state index contributed by atoms with van der Waals surface area (Å²) in [6.45, 7) is 4.01. The van der Waals surface area contributed by atoms with Crippen molar-refractivity contribution in [3.63, 3.8) is 0 Å². The van der Waals surface area contributed by atoms with Crippen molar-refractivity contribution in [1.29, 1.82) is 0 Å². The number of benzene rings is 2. The molecule has 0 bridgehead atoms. The van der Waals surface area contributed by atoms with Gasteiger partial charge in [0, 0.05) is 22.6 Å². The summed E-state index contributed by atoms with van der Waals surface area (Å²) in [5.74, 6) is -3.09. The van der Waals surface area contributed by atoms with Crippen LogP contribution in [0, 0.1) is 0 Å². The van der Waals surface area contributed by atoms with Crippen LogP contribution in [0.5, 0.6) is 5.75 Å². The van der Waals surface area contributed by atoms with Gasteiger partial charge in [-0.1, -0.05) is 49.9 Å². The number of nitrogens with zero attached hydrogens (tertiary/aromatic N) is 1. The Morgan fingerprint density at radius 2 is 2.00 bits per heavy atom. The molecule has 3 atom stereocenters. The number of fused-ring (bicyclic) bond motifs is 5. The molecule has 2 aliphatic heterocycles. The summed E-state index contributed by atoms with van der Waals surface area (Å²) >= 11 is 0.875. The van der Waals surface area contributed by atoms with Crippen LogP contribution in [0.15, 0.2) is 36.4 Å². The van der Waals surface area contributed by atoms with Crippen molar-refractivity contribution < 1.29 is 24.2 Å². The van der Waals surface area contributed by atoms with Gasteiger partial charge in [-0.05, 0) is 23.6 Å². The molecule has 1 aliphatic carbocycles. The molecule has 9 heteroatoms. The minimum absolute atomic E-state index is 0.0739. The lowest BCUT2D eigenvalue weighted by atomic mass is 9.80. The summed E-state index contributed by atoms with van der Waals surface area (Å²) < 4.78 is 6.08. The number of anilines is 1. The molecule has 31 heavy (non-hydrogen) atoms. The molecule has 0 radical (unpaired) electrons. The Kier molecular flexibility index (Phi) is 4.00. The molecular weight excluding hydrogens is 418 g/mol. The van der Waals surface area contributed by atoms with Gasteiger partial charge in [-0.25, -0.2) is 0 Å². The average Bonchev–Trinajstić information content (AvgIpc) is 3.27. The van der Waals surface area contributed by atoms with Crippen LogP contribution >= 0.6 is 11.8 Å². The van der Waals surface area contributed by atoms with Gasteiger partial charge in [-0.2, -0.15) is 0 Å². The third-order valence-corrected chi connectivity index (χ3v) is 7.32. The van der Waals surface area contributed by atoms with Crippen LogP contribution in [0.3, 0.4) is 0 Å². The maximum absolute atomic E-state index is 14.0. The SMILES string of the molecule is CC(C)c1ccc2c(c1)OC1(O)c3cccc(N)c3C(=O)C21N1C(=O)SCC1C(N)=O. The summed E-state index contributed by atoms with van der Waals surface area (Å²) in [6, 6.07) is 8.86. The maximum Gasteiger partial charge on any atom is 0.283 e. The molecule has 2 aromatic rings. The second-order valence-corrected chi connectivity index (χ2v) is 9.30. The number of Topliss-reactive ketones (excluding diaryl/α,β-unsaturated/α-hetero) is 1. The largest absolute Gasteiger partial charge is 0.454 e. The molecule has 2 heterocycles. The van der Waals surface area contributed by atoms with E-state index in [9.17, 15) is 19.5 Å². The maximum atomic E-state index is 14.0. The number of rotatable bonds is 3. The van der Waals surface area contributed by atoms with Crippen LogP contribution < -0.4 is 16.2 Å². The van der Waals surface area contributed by atoms with E-state index in [1.54, 1.807) is 30.3 Å². The number of primary amides is 1. The third-order valence-electron chi connectivity index (χ3n) is 6.39. The summed E-state index contributed by atoms with van der Waals surface area (Å²) in [4.78, 5) is 40.4. The van der Waals surface area contributed by atoms with Gasteiger partial charge >= 0.3 is 0 Å². The first-order valence-electron chi connectivity index (χ1n) is 9.89. The highest BCUT2D eigenvalue weighted by Crippen LogP contribution is 2.63. The molecule has 1 fully saturated rings. The Morgan fingerprint density at radius 1 is 1.26 bits per heavy atom. The number of amides is 2. The van der Waals surface area contributed by atoms with Crippen LogP contribution in [0.1, 0.15) is 46.8 Å². The highest BCUT2D eigenvalue weighted by Gasteiger charge is 2.76. The topological polar surface area (TPSA) is 136 Å². The van der Waals surface area contributed by atoms with E-state index in [1.807, 2.05) is 19.9 Å². The number of carbonyl (C=O) groups is 3. The predicted octanol–water partition coefficient (Wildman–Crippen LogP) is 2.04. The molecule has 5 N–H and O–H groups in total. The predicted molar refractivity (Wildman–Crippen MR) is 115 cm³/mol. The van der Waals surface area contributed by atoms with Gasteiger partial charge in [0.1, 0.15) is 11.8 Å². The van der Waals surface area contributed by atoms with Crippen molar-refractivity contribution in [1.82, 2.24) is 4.90 Å². The molecule has 1 saturated heterocycles. The van der Waals surface area contributed by atoms with Gasteiger partial charge in [-0.3, -0.25) is 19.3 Å². The highest BCUT2D eigenvalue weighted by molar-refractivity contribution is 8.13. The molecule has 160 valence electrons. The van der Waals surface area contributed by atoms with E-state index in [0.29, 0.717) is 5.56 Å². The van der Waals surface area contributed by atoms with Gasteiger partial charge in [0.2, 0.25) is 17.2 Å². The molecule has 2 aromatic carbocycles. The highest BCUT2D eigenvalue weighted by atomic mass is 32.2. The fourth-order valence-electron chi connectivity index (χ4n) is 4.91. The fraction of sp³-hybridized carbons (Fsp3) is 0.318. The first-order chi connectivity index (χ1) is 14.6. The van der Waals surface area contributed by atoms with Crippen molar-refractivity contribution in [2.45, 2.75) is 37.1 Å². The van der Waals surface area contributed by atoms with Gasteiger partial charge in [0.25, 0.3) is 11.0 Å². The molecule has 2 amide bonds. The van der Waals surface area contributed by atoms with Gasteiger partial charge < -0.3 is 21.3 Å². The van der Waals surface area contributed by atoms with Crippen LogP contribution in [-0.4, -0.2) is 38.7 Å². The fourth-order valence-corrected chi connectivity index (χ4v) is 5.93. The molecule has 0 aromatic heterocycles. The summed E-state index contributed by atoms with van der Waals surface area (Å²) in [5, 5.41) is 11.5. The number of ketones is 1. The lowest BCUT2D eigenvalue weighted by molar-refractivity contribution is -0.196. The van der Waals surface area contributed by atoms with Crippen LogP contribution in [-0.2, 0) is 16.1 Å². The zero-order chi connectivity index (χ0) is 22.3. The normalized spacial score (nSPS) is 28.5. The van der Waals surface area contributed by atoms with Crippen molar-refractivity contribution in [2.24, 2.45) is 5.73 Å². The quantitative estimate of drug-likeness (QED) is 0.623. The number of hydrogen-bond donors (Lipinski definition) is 3. The number of ether oxygens (including phenoxy) is 1. The number of hydrogen-bond acceptors (Lipinski definition) is 7. The monoisotopic (exact) mass is 439 g/mol. The Morgan fingerprint density at radius 3 is 2.68 bits per heavy atom. The molecule has 3 aliphatic rings. The Balaban J connectivity index is 1.86. The molecule has 0 spiro atoms. The van der Waals surface area contributed by atoms with E-state index in [4.69, 9.17) is 16.2 Å². The summed E-state index contributed by atoms with van der Waals surface area (Å²) in [5.41, 5.74) is 11.3. The number of carbonyl (C=O) groups excluding carboxylic acids is 3. The lowest BCUT2D eigenvalue weighted by Crippen LogP contribution is -2.64. The second-order valence-electron chi connectivity index (χ2n) is 8.33. The van der Waals surface area contributed by atoms with Gasteiger partial charge in [0.15, 0.2) is 0 Å². The zero-order valence-electron chi connectivity index (χ0n) is 16.9. The molecule has 8 nitrogen and oxygen atoms in total. The average molecular weight is 439 g/mol. The molecule has 5 rings (SSSR count). The minimum Gasteiger partial charge on any atom is -0.454 e. The molecule has 3 unspecified atom stereocenters. The van der Waals surface area contributed by atoms with Crippen LogP contribution in [0.2, 0.25) is 0 Å². The van der Waals surface area contributed by atoms with Crippen molar-refractivity contribution in [3.05, 3.63) is 58.7 Å². The molecular formula is C22H21N3O5S. The van der Waals surface area contributed by atoms with E-state index in [-0.39, 0.29) is 34.2 Å².